The van der Waals surface area contributed by atoms with Crippen molar-refractivity contribution in [2.24, 2.45) is 0 Å². The number of halogens is 3. The highest BCUT2D eigenvalue weighted by molar-refractivity contribution is 6.12. The van der Waals surface area contributed by atoms with E-state index in [1.165, 1.54) is 6.07 Å². The van der Waals surface area contributed by atoms with Crippen molar-refractivity contribution in [3.8, 4) is 56.4 Å². The molecule has 0 radical (unpaired) electrons. The molecule has 0 aliphatic rings. The molecule has 0 saturated carbocycles. The molecule has 0 fully saturated rings. The van der Waals surface area contributed by atoms with E-state index in [1.807, 2.05) is 107 Å². The van der Waals surface area contributed by atoms with Gasteiger partial charge in [-0.3, -0.25) is 0 Å². The molecule has 11 aromatic rings. The lowest BCUT2D eigenvalue weighted by Gasteiger charge is -2.19. The Morgan fingerprint density at radius 2 is 0.941 bits per heavy atom. The fourth-order valence-electron chi connectivity index (χ4n) is 9.39. The fraction of sp³-hybridized carbons (Fsp3) is 0.0909. The Morgan fingerprint density at radius 1 is 0.426 bits per heavy atom. The standard InChI is InChI=1S/C55H35F3N10/c1-30-61-31(2)64-53(63-30)35-16-23-50-43(26-35)40-11-7-9-13-48(40)67(50)38-19-21-46(59-5)42(29-38)45-25-34(39-20-18-37(55(56,57)58)28-47(39)60-6)15-22-52(45)68-49-14-10-8-12-41(49)44-27-36(17-24-51(44)68)54-65-32(3)62-33(4)66-54/h7-29H,1-4H3. The Balaban J connectivity index is 1.17. The highest BCUT2D eigenvalue weighted by Crippen LogP contribution is 2.45. The summed E-state index contributed by atoms with van der Waals surface area (Å²) >= 11 is 0. The number of para-hydroxylation sites is 2. The van der Waals surface area contributed by atoms with Gasteiger partial charge in [-0.05, 0) is 129 Å². The predicted molar refractivity (Wildman–Crippen MR) is 260 cm³/mol. The molecule has 13 heteroatoms. The molecule has 0 spiro atoms. The maximum absolute atomic E-state index is 14.0. The fourth-order valence-corrected chi connectivity index (χ4v) is 9.39. The van der Waals surface area contributed by atoms with Crippen molar-refractivity contribution in [1.82, 2.24) is 39.0 Å². The molecule has 0 unspecified atom stereocenters. The first kappa shape index (κ1) is 41.6. The normalized spacial score (nSPS) is 11.7. The molecule has 10 nitrogen and oxygen atoms in total. The second-order valence-corrected chi connectivity index (χ2v) is 16.6. The van der Waals surface area contributed by atoms with Crippen LogP contribution >= 0.6 is 0 Å². The first-order chi connectivity index (χ1) is 32.9. The number of fused-ring (bicyclic) bond motifs is 6. The van der Waals surface area contributed by atoms with Crippen molar-refractivity contribution >= 4 is 55.0 Å². The summed E-state index contributed by atoms with van der Waals surface area (Å²) in [4.78, 5) is 34.9. The van der Waals surface area contributed by atoms with Gasteiger partial charge in [0.25, 0.3) is 0 Å². The van der Waals surface area contributed by atoms with Crippen LogP contribution in [0.5, 0.6) is 0 Å². The van der Waals surface area contributed by atoms with Gasteiger partial charge < -0.3 is 9.13 Å². The maximum Gasteiger partial charge on any atom is 0.415 e. The number of rotatable bonds is 6. The Morgan fingerprint density at radius 3 is 1.50 bits per heavy atom. The number of aryl methyl sites for hydroxylation is 4. The maximum atomic E-state index is 14.0. The lowest BCUT2D eigenvalue weighted by Crippen LogP contribution is -2.04. The average molecular weight is 893 g/mol. The van der Waals surface area contributed by atoms with Crippen LogP contribution in [0.1, 0.15) is 28.9 Å². The number of benzene rings is 7. The molecular weight excluding hydrogens is 858 g/mol. The van der Waals surface area contributed by atoms with E-state index in [1.54, 1.807) is 6.07 Å². The summed E-state index contributed by atoms with van der Waals surface area (Å²) in [6, 6.07) is 43.0. The lowest BCUT2D eigenvalue weighted by atomic mass is 9.94. The molecule has 4 aromatic heterocycles. The van der Waals surface area contributed by atoms with Gasteiger partial charge >= 0.3 is 6.18 Å². The Hall–Kier alpha value is -9.07. The quantitative estimate of drug-likeness (QED) is 0.154. The zero-order valence-electron chi connectivity index (χ0n) is 36.9. The van der Waals surface area contributed by atoms with Crippen molar-refractivity contribution in [3.63, 3.8) is 0 Å². The van der Waals surface area contributed by atoms with Crippen molar-refractivity contribution in [1.29, 1.82) is 0 Å². The molecule has 0 amide bonds. The molecule has 0 N–H and O–H groups in total. The smallest absolute Gasteiger partial charge is 0.309 e. The van der Waals surface area contributed by atoms with Crippen LogP contribution in [0.25, 0.3) is 110 Å². The summed E-state index contributed by atoms with van der Waals surface area (Å²) in [6.07, 6.45) is -4.63. The molecule has 4 heterocycles. The van der Waals surface area contributed by atoms with Crippen LogP contribution in [-0.4, -0.2) is 39.0 Å². The minimum absolute atomic E-state index is 0.141. The number of aromatic nitrogens is 8. The molecule has 11 rings (SSSR count). The SMILES string of the molecule is [C-]#[N+]c1cc(C(F)(F)F)ccc1-c1ccc(-n2c3ccccc3c3cc(-c4nc(C)nc(C)n4)ccc32)c(-c2cc(-n3c4ccccc4c4cc(-c5nc(C)nc(C)n5)ccc43)ccc2[N+]#[C-])c1. The molecule has 326 valence electrons. The summed E-state index contributed by atoms with van der Waals surface area (Å²) in [6.45, 7) is 23.8. The highest BCUT2D eigenvalue weighted by Gasteiger charge is 2.31. The van der Waals surface area contributed by atoms with E-state index in [0.29, 0.717) is 68.6 Å². The van der Waals surface area contributed by atoms with Crippen LogP contribution < -0.4 is 0 Å². The van der Waals surface area contributed by atoms with Crippen molar-refractivity contribution < 1.29 is 13.2 Å². The molecular formula is C55H35F3N10. The second kappa shape index (κ2) is 15.8. The Kier molecular flexibility index (Phi) is 9.69. The molecule has 0 bridgehead atoms. The molecule has 0 aliphatic carbocycles. The first-order valence-electron chi connectivity index (χ1n) is 21.6. The van der Waals surface area contributed by atoms with Crippen LogP contribution in [0.15, 0.2) is 140 Å². The van der Waals surface area contributed by atoms with Crippen molar-refractivity contribution in [3.05, 3.63) is 191 Å². The predicted octanol–water partition coefficient (Wildman–Crippen LogP) is 14.3. The van der Waals surface area contributed by atoms with Crippen molar-refractivity contribution in [2.75, 3.05) is 0 Å². The van der Waals surface area contributed by atoms with Crippen LogP contribution in [0, 0.1) is 40.8 Å². The minimum Gasteiger partial charge on any atom is -0.309 e. The summed E-state index contributed by atoms with van der Waals surface area (Å²) in [5.74, 6) is 3.62. The molecule has 7 aromatic carbocycles. The summed E-state index contributed by atoms with van der Waals surface area (Å²) in [5.41, 5.74) is 8.14. The zero-order valence-corrected chi connectivity index (χ0v) is 36.9. The number of alkyl halides is 3. The topological polar surface area (TPSA) is 95.9 Å². The monoisotopic (exact) mass is 892 g/mol. The van der Waals surface area contributed by atoms with Gasteiger partial charge in [0.15, 0.2) is 23.0 Å². The number of hydrogen-bond acceptors (Lipinski definition) is 6. The van der Waals surface area contributed by atoms with E-state index < -0.39 is 11.7 Å². The van der Waals surface area contributed by atoms with Crippen LogP contribution in [-0.2, 0) is 6.18 Å². The number of nitrogens with zero attached hydrogens (tertiary/aromatic N) is 10. The molecule has 0 saturated heterocycles. The van der Waals surface area contributed by atoms with E-state index in [9.17, 15) is 13.2 Å². The van der Waals surface area contributed by atoms with E-state index in [4.69, 9.17) is 13.1 Å². The zero-order chi connectivity index (χ0) is 47.0. The van der Waals surface area contributed by atoms with Crippen LogP contribution in [0.4, 0.5) is 24.5 Å². The first-order valence-corrected chi connectivity index (χ1v) is 21.6. The number of hydrogen-bond donors (Lipinski definition) is 0. The molecule has 68 heavy (non-hydrogen) atoms. The van der Waals surface area contributed by atoms with Gasteiger partial charge in [-0.1, -0.05) is 60.7 Å². The second-order valence-electron chi connectivity index (χ2n) is 16.6. The summed E-state index contributed by atoms with van der Waals surface area (Å²) in [5, 5.41) is 3.89. The van der Waals surface area contributed by atoms with Gasteiger partial charge in [-0.2, -0.15) is 13.2 Å². The highest BCUT2D eigenvalue weighted by atomic mass is 19.4. The largest absolute Gasteiger partial charge is 0.415 e. The van der Waals surface area contributed by atoms with E-state index in [-0.39, 0.29) is 5.69 Å². The van der Waals surface area contributed by atoms with Gasteiger partial charge in [0.05, 0.1) is 40.9 Å². The van der Waals surface area contributed by atoms with E-state index in [2.05, 4.69) is 85.1 Å². The third-order valence-corrected chi connectivity index (χ3v) is 12.2. The molecule has 0 aliphatic heterocycles. The third kappa shape index (κ3) is 6.96. The van der Waals surface area contributed by atoms with E-state index in [0.717, 1.165) is 72.6 Å². The van der Waals surface area contributed by atoms with Crippen LogP contribution in [0.2, 0.25) is 0 Å². The van der Waals surface area contributed by atoms with Gasteiger partial charge in [0, 0.05) is 43.9 Å². The van der Waals surface area contributed by atoms with Gasteiger partial charge in [-0.15, -0.1) is 0 Å². The lowest BCUT2D eigenvalue weighted by molar-refractivity contribution is -0.137. The van der Waals surface area contributed by atoms with Gasteiger partial charge in [-0.25, -0.2) is 39.6 Å². The van der Waals surface area contributed by atoms with Crippen LogP contribution in [0.3, 0.4) is 0 Å². The summed E-state index contributed by atoms with van der Waals surface area (Å²) in [7, 11) is 0. The van der Waals surface area contributed by atoms with Gasteiger partial charge in [0.1, 0.15) is 23.3 Å². The molecule has 0 atom stereocenters. The van der Waals surface area contributed by atoms with Crippen molar-refractivity contribution in [2.45, 2.75) is 33.9 Å². The minimum atomic E-state index is -4.63. The van der Waals surface area contributed by atoms with Gasteiger partial charge in [0.2, 0.25) is 0 Å². The Bertz CT molecular complexity index is 3960. The van der Waals surface area contributed by atoms with E-state index >= 15 is 0 Å². The Labute approximate surface area is 387 Å². The average Bonchev–Trinajstić information content (AvgIpc) is 3.84. The third-order valence-electron chi connectivity index (χ3n) is 12.2. The summed E-state index contributed by atoms with van der Waals surface area (Å²) < 4.78 is 46.2.